The average molecular weight is 257 g/mol. The van der Waals surface area contributed by atoms with Gasteiger partial charge in [0.2, 0.25) is 0 Å². The lowest BCUT2D eigenvalue weighted by molar-refractivity contribution is -0.139. The lowest BCUT2D eigenvalue weighted by Crippen LogP contribution is -2.34. The first-order valence-electron chi connectivity index (χ1n) is 6.13. The number of carbonyl (C=O) groups is 2. The monoisotopic (exact) mass is 257 g/mol. The Morgan fingerprint density at radius 2 is 1.89 bits per heavy atom. The van der Waals surface area contributed by atoms with Crippen molar-refractivity contribution < 1.29 is 19.1 Å². The van der Waals surface area contributed by atoms with Crippen LogP contribution in [0.1, 0.15) is 47.5 Å². The third-order valence-electron chi connectivity index (χ3n) is 1.88. The van der Waals surface area contributed by atoms with E-state index in [1.54, 1.807) is 27.7 Å². The normalized spacial score (nSPS) is 11.9. The maximum absolute atomic E-state index is 11.6. The predicted molar refractivity (Wildman–Crippen MR) is 69.0 cm³/mol. The molecule has 0 spiro atoms. The fraction of sp³-hybridized carbons (Fsp3) is 0.692. The van der Waals surface area contributed by atoms with Crippen LogP contribution in [0, 0.1) is 0 Å². The Kier molecular flexibility index (Phi) is 7.08. The van der Waals surface area contributed by atoms with Crippen molar-refractivity contribution in [3.8, 4) is 0 Å². The molecule has 1 N–H and O–H groups in total. The molecule has 0 aromatic rings. The molecule has 0 saturated carbocycles. The zero-order valence-electron chi connectivity index (χ0n) is 11.8. The summed E-state index contributed by atoms with van der Waals surface area (Å²) in [5.74, 6) is -0.545. The molecule has 0 unspecified atom stereocenters. The van der Waals surface area contributed by atoms with E-state index in [1.807, 2.05) is 6.92 Å². The number of carbonyl (C=O) groups excluding carboxylic acids is 2. The molecule has 0 bridgehead atoms. The third kappa shape index (κ3) is 7.70. The molecule has 0 aliphatic carbocycles. The van der Waals surface area contributed by atoms with Crippen molar-refractivity contribution in [2.45, 2.75) is 53.1 Å². The molecule has 5 nitrogen and oxygen atoms in total. The highest BCUT2D eigenvalue weighted by molar-refractivity contribution is 5.92. The summed E-state index contributed by atoms with van der Waals surface area (Å²) in [5.41, 5.74) is -0.505. The fourth-order valence-electron chi connectivity index (χ4n) is 1.04. The summed E-state index contributed by atoms with van der Waals surface area (Å²) in [7, 11) is 0. The molecule has 1 amide bonds. The summed E-state index contributed by atoms with van der Waals surface area (Å²) in [6, 6.07) is 0. The minimum absolute atomic E-state index is 0.0975. The summed E-state index contributed by atoms with van der Waals surface area (Å²) in [5, 5.41) is 2.38. The molecule has 0 atom stereocenters. The van der Waals surface area contributed by atoms with Gasteiger partial charge in [0.25, 0.3) is 0 Å². The van der Waals surface area contributed by atoms with Gasteiger partial charge in [-0.15, -0.1) is 0 Å². The molecular weight excluding hydrogens is 234 g/mol. The number of allylic oxidation sites excluding steroid dienone is 1. The Bertz CT molecular complexity index is 315. The molecule has 0 heterocycles. The van der Waals surface area contributed by atoms with Crippen molar-refractivity contribution in [1.82, 2.24) is 5.32 Å². The van der Waals surface area contributed by atoms with Crippen molar-refractivity contribution in [1.29, 1.82) is 0 Å². The van der Waals surface area contributed by atoms with Crippen molar-refractivity contribution in [2.24, 2.45) is 0 Å². The van der Waals surface area contributed by atoms with Gasteiger partial charge in [-0.3, -0.25) is 5.32 Å². The Balaban J connectivity index is 4.27. The van der Waals surface area contributed by atoms with E-state index in [9.17, 15) is 9.59 Å². The van der Waals surface area contributed by atoms with Crippen LogP contribution in [-0.2, 0) is 14.3 Å². The van der Waals surface area contributed by atoms with E-state index in [-0.39, 0.29) is 5.70 Å². The van der Waals surface area contributed by atoms with Crippen LogP contribution in [-0.4, -0.2) is 24.3 Å². The highest BCUT2D eigenvalue weighted by atomic mass is 16.6. The van der Waals surface area contributed by atoms with Gasteiger partial charge in [0.15, 0.2) is 0 Å². The molecule has 104 valence electrons. The van der Waals surface area contributed by atoms with Gasteiger partial charge in [-0.2, -0.15) is 0 Å². The molecule has 5 heteroatoms. The van der Waals surface area contributed by atoms with Crippen LogP contribution in [0.15, 0.2) is 11.8 Å². The first-order valence-corrected chi connectivity index (χ1v) is 6.13. The largest absolute Gasteiger partial charge is 0.461 e. The van der Waals surface area contributed by atoms with E-state index in [0.29, 0.717) is 6.61 Å². The molecule has 0 saturated heterocycles. The zero-order valence-corrected chi connectivity index (χ0v) is 11.8. The van der Waals surface area contributed by atoms with Gasteiger partial charge in [-0.05, 0) is 34.1 Å². The summed E-state index contributed by atoms with van der Waals surface area (Å²) in [6.07, 6.45) is 2.56. The maximum atomic E-state index is 11.6. The number of amides is 1. The van der Waals surface area contributed by atoms with Crippen molar-refractivity contribution in [2.75, 3.05) is 6.61 Å². The fourth-order valence-corrected chi connectivity index (χ4v) is 1.04. The lowest BCUT2D eigenvalue weighted by atomic mass is 10.2. The molecular formula is C13H23NO4. The van der Waals surface area contributed by atoms with Crippen LogP contribution < -0.4 is 5.32 Å². The first-order chi connectivity index (χ1) is 8.30. The minimum Gasteiger partial charge on any atom is -0.461 e. The topological polar surface area (TPSA) is 64.6 Å². The summed E-state index contributed by atoms with van der Waals surface area (Å²) in [6.45, 7) is 9.25. The number of hydrogen-bond acceptors (Lipinski definition) is 4. The quantitative estimate of drug-likeness (QED) is 0.467. The summed E-state index contributed by atoms with van der Waals surface area (Å²) < 4.78 is 10.0. The zero-order chi connectivity index (χ0) is 14.2. The Labute approximate surface area is 109 Å². The van der Waals surface area contributed by atoms with Gasteiger partial charge >= 0.3 is 12.1 Å². The Morgan fingerprint density at radius 1 is 1.28 bits per heavy atom. The standard InChI is InChI=1S/C13H23NO4/c1-6-8-9-17-11(15)10(7-2)14-12(16)18-13(3,4)5/h7H,6,8-9H2,1-5H3,(H,14,16)/b10-7-. The smallest absolute Gasteiger partial charge is 0.412 e. The average Bonchev–Trinajstić information content (AvgIpc) is 2.23. The van der Waals surface area contributed by atoms with Gasteiger partial charge in [0, 0.05) is 0 Å². The van der Waals surface area contributed by atoms with Gasteiger partial charge in [0.1, 0.15) is 11.3 Å². The summed E-state index contributed by atoms with van der Waals surface area (Å²) in [4.78, 5) is 23.1. The predicted octanol–water partition coefficient (Wildman–Crippen LogP) is 2.76. The van der Waals surface area contributed by atoms with Gasteiger partial charge in [0.05, 0.1) is 6.61 Å². The third-order valence-corrected chi connectivity index (χ3v) is 1.88. The van der Waals surface area contributed by atoms with Gasteiger partial charge < -0.3 is 9.47 Å². The lowest BCUT2D eigenvalue weighted by Gasteiger charge is -2.20. The molecule has 0 fully saturated rings. The van der Waals surface area contributed by atoms with E-state index < -0.39 is 17.7 Å². The number of unbranched alkanes of at least 4 members (excludes halogenated alkanes) is 1. The van der Waals surface area contributed by atoms with E-state index in [1.165, 1.54) is 6.08 Å². The second-order valence-electron chi connectivity index (χ2n) is 4.82. The maximum Gasteiger partial charge on any atom is 0.412 e. The van der Waals surface area contributed by atoms with Crippen LogP contribution in [0.5, 0.6) is 0 Å². The minimum atomic E-state index is -0.664. The molecule has 0 aliphatic heterocycles. The van der Waals surface area contributed by atoms with Crippen LogP contribution in [0.25, 0.3) is 0 Å². The number of alkyl carbamates (subject to hydrolysis) is 1. The van der Waals surface area contributed by atoms with Crippen molar-refractivity contribution >= 4 is 12.1 Å². The van der Waals surface area contributed by atoms with E-state index >= 15 is 0 Å². The number of rotatable bonds is 5. The van der Waals surface area contributed by atoms with Gasteiger partial charge in [-0.1, -0.05) is 19.4 Å². The highest BCUT2D eigenvalue weighted by Gasteiger charge is 2.19. The van der Waals surface area contributed by atoms with E-state index in [4.69, 9.17) is 9.47 Å². The molecule has 0 radical (unpaired) electrons. The molecule has 0 aromatic carbocycles. The van der Waals surface area contributed by atoms with Gasteiger partial charge in [-0.25, -0.2) is 9.59 Å². The van der Waals surface area contributed by atoms with E-state index in [0.717, 1.165) is 12.8 Å². The van der Waals surface area contributed by atoms with E-state index in [2.05, 4.69) is 5.32 Å². The Hall–Kier alpha value is -1.52. The molecule has 0 aromatic heterocycles. The van der Waals surface area contributed by atoms with Crippen molar-refractivity contribution in [3.63, 3.8) is 0 Å². The SMILES string of the molecule is C/C=C(\NC(=O)OC(C)(C)C)C(=O)OCCCC. The van der Waals surface area contributed by atoms with Crippen LogP contribution in [0.3, 0.4) is 0 Å². The second-order valence-corrected chi connectivity index (χ2v) is 4.82. The van der Waals surface area contributed by atoms with Crippen molar-refractivity contribution in [3.05, 3.63) is 11.8 Å². The molecule has 0 aliphatic rings. The second kappa shape index (κ2) is 7.74. The first kappa shape index (κ1) is 16.5. The molecule has 0 rings (SSSR count). The highest BCUT2D eigenvalue weighted by Crippen LogP contribution is 2.07. The van der Waals surface area contributed by atoms with Crippen LogP contribution in [0.2, 0.25) is 0 Å². The number of ether oxygens (including phenoxy) is 2. The summed E-state index contributed by atoms with van der Waals surface area (Å²) >= 11 is 0. The molecule has 18 heavy (non-hydrogen) atoms. The number of nitrogens with one attached hydrogen (secondary N) is 1. The van der Waals surface area contributed by atoms with Crippen LogP contribution >= 0.6 is 0 Å². The number of hydrogen-bond donors (Lipinski definition) is 1. The number of esters is 1. The Morgan fingerprint density at radius 3 is 2.33 bits per heavy atom. The van der Waals surface area contributed by atoms with Crippen LogP contribution in [0.4, 0.5) is 4.79 Å².